The van der Waals surface area contributed by atoms with Gasteiger partial charge in [-0.15, -0.1) is 0 Å². The molecule has 2 rings (SSSR count). The molecule has 0 radical (unpaired) electrons. The number of unbranched alkanes of at least 4 members (excludes halogenated alkanes) is 3. The van der Waals surface area contributed by atoms with Gasteiger partial charge in [-0.05, 0) is 74.6 Å². The second-order valence-electron chi connectivity index (χ2n) is 8.77. The van der Waals surface area contributed by atoms with E-state index in [9.17, 15) is 0 Å². The van der Waals surface area contributed by atoms with Crippen molar-refractivity contribution in [1.29, 1.82) is 0 Å². The number of allylic oxidation sites excluding steroid dienone is 4. The Labute approximate surface area is 224 Å². The van der Waals surface area contributed by atoms with Gasteiger partial charge in [0.15, 0.2) is 0 Å². The summed E-state index contributed by atoms with van der Waals surface area (Å²) >= 11 is 0. The van der Waals surface area contributed by atoms with Crippen molar-refractivity contribution < 1.29 is 16.5 Å². The van der Waals surface area contributed by atoms with Gasteiger partial charge in [0, 0.05) is 22.7 Å². The Morgan fingerprint density at radius 3 is 1.86 bits per heavy atom. The van der Waals surface area contributed by atoms with Gasteiger partial charge in [-0.2, -0.15) is 0 Å². The molecule has 0 saturated heterocycles. The first-order chi connectivity index (χ1) is 16.8. The van der Waals surface area contributed by atoms with Gasteiger partial charge in [0.25, 0.3) is 0 Å². The molecule has 0 aliphatic rings. The monoisotopic (exact) mass is 514 g/mol. The van der Waals surface area contributed by atoms with Crippen LogP contribution in [0.3, 0.4) is 0 Å². The molecule has 0 unspecified atom stereocenters. The zero-order valence-electron chi connectivity index (χ0n) is 22.0. The van der Waals surface area contributed by atoms with E-state index >= 15 is 0 Å². The molecule has 0 aliphatic carbocycles. The standard InChI is InChI=1S/C32H44N2.Ni/c1-4-7-10-13-20-28-22-16-18-25-31(28)33-27-30(24-15-12-9-6-3)34-32-26-19-17-23-29(32)21-14-11-8-5-2;/h7-8,10-11,16-19,22-23,25-27H,4-6,9,12-15,20-21,24H2,1-3H3;/b10-7+,11-8+,33-27?,34-30?;. The number of hydrogen-bond acceptors (Lipinski definition) is 2. The summed E-state index contributed by atoms with van der Waals surface area (Å²) in [5.41, 5.74) is 5.83. The SMILES string of the molecule is CC/C=C/CCc1ccccc1N=CC(CCCCCC)=Nc1ccccc1CC/C=C/CC.[Ni]. The van der Waals surface area contributed by atoms with Crippen molar-refractivity contribution in [2.45, 2.75) is 91.4 Å². The van der Waals surface area contributed by atoms with Crippen molar-refractivity contribution in [2.75, 3.05) is 0 Å². The van der Waals surface area contributed by atoms with Crippen molar-refractivity contribution in [3.63, 3.8) is 0 Å². The summed E-state index contributed by atoms with van der Waals surface area (Å²) in [5, 5.41) is 0. The summed E-state index contributed by atoms with van der Waals surface area (Å²) in [6, 6.07) is 17.1. The van der Waals surface area contributed by atoms with Crippen molar-refractivity contribution in [2.24, 2.45) is 9.98 Å². The van der Waals surface area contributed by atoms with Gasteiger partial charge >= 0.3 is 0 Å². The van der Waals surface area contributed by atoms with E-state index in [-0.39, 0.29) is 16.5 Å². The summed E-state index contributed by atoms with van der Waals surface area (Å²) in [6.45, 7) is 6.61. The average molecular weight is 515 g/mol. The summed E-state index contributed by atoms with van der Waals surface area (Å²) < 4.78 is 0. The number of nitrogens with zero attached hydrogens (tertiary/aromatic N) is 2. The van der Waals surface area contributed by atoms with Gasteiger partial charge in [-0.25, -0.2) is 0 Å². The van der Waals surface area contributed by atoms with Crippen LogP contribution in [-0.4, -0.2) is 11.9 Å². The molecule has 0 aromatic heterocycles. The topological polar surface area (TPSA) is 24.7 Å². The zero-order valence-corrected chi connectivity index (χ0v) is 23.0. The molecule has 0 bridgehead atoms. The molecule has 35 heavy (non-hydrogen) atoms. The minimum atomic E-state index is 0. The second-order valence-corrected chi connectivity index (χ2v) is 8.77. The van der Waals surface area contributed by atoms with Crippen LogP contribution in [0.5, 0.6) is 0 Å². The van der Waals surface area contributed by atoms with Crippen molar-refractivity contribution >= 4 is 23.3 Å². The van der Waals surface area contributed by atoms with E-state index < -0.39 is 0 Å². The number of rotatable bonds is 16. The van der Waals surface area contributed by atoms with Crippen LogP contribution in [0, 0.1) is 0 Å². The molecule has 0 fully saturated rings. The Morgan fingerprint density at radius 1 is 0.686 bits per heavy atom. The van der Waals surface area contributed by atoms with Crippen molar-refractivity contribution in [1.82, 2.24) is 0 Å². The largest absolute Gasteiger partial charge is 0.255 e. The van der Waals surface area contributed by atoms with Crippen molar-refractivity contribution in [3.05, 3.63) is 84.0 Å². The normalized spacial score (nSPS) is 12.1. The minimum absolute atomic E-state index is 0. The number of aliphatic imine (C=N–C) groups is 2. The fourth-order valence-electron chi connectivity index (χ4n) is 3.91. The first-order valence-corrected chi connectivity index (χ1v) is 13.4. The summed E-state index contributed by atoms with van der Waals surface area (Å²) in [4.78, 5) is 10.0. The second kappa shape index (κ2) is 20.0. The van der Waals surface area contributed by atoms with Crippen LogP contribution >= 0.6 is 0 Å². The molecule has 2 aromatic rings. The van der Waals surface area contributed by atoms with Gasteiger partial charge in [0.2, 0.25) is 0 Å². The molecule has 0 saturated carbocycles. The van der Waals surface area contributed by atoms with Gasteiger partial charge < -0.3 is 0 Å². The molecular formula is C32H44N2Ni. The molecule has 2 aromatic carbocycles. The molecule has 0 heterocycles. The molecule has 0 aliphatic heterocycles. The zero-order chi connectivity index (χ0) is 24.3. The third-order valence-corrected chi connectivity index (χ3v) is 5.85. The molecule has 2 nitrogen and oxygen atoms in total. The van der Waals surface area contributed by atoms with Crippen LogP contribution in [-0.2, 0) is 29.3 Å². The predicted molar refractivity (Wildman–Crippen MR) is 152 cm³/mol. The Morgan fingerprint density at radius 2 is 1.26 bits per heavy atom. The van der Waals surface area contributed by atoms with E-state index in [0.717, 1.165) is 68.5 Å². The molecule has 0 spiro atoms. The molecule has 3 heteroatoms. The van der Waals surface area contributed by atoms with Gasteiger partial charge in [0.1, 0.15) is 0 Å². The predicted octanol–water partition coefficient (Wildman–Crippen LogP) is 9.93. The molecule has 192 valence electrons. The van der Waals surface area contributed by atoms with Crippen molar-refractivity contribution in [3.8, 4) is 0 Å². The first kappa shape index (κ1) is 30.8. The van der Waals surface area contributed by atoms with Gasteiger partial charge in [0.05, 0.1) is 17.1 Å². The van der Waals surface area contributed by atoms with E-state index in [2.05, 4.69) is 93.6 Å². The Kier molecular flexibility index (Phi) is 17.6. The van der Waals surface area contributed by atoms with Gasteiger partial charge in [-0.3, -0.25) is 9.98 Å². The minimum Gasteiger partial charge on any atom is -0.255 e. The fourth-order valence-corrected chi connectivity index (χ4v) is 3.91. The summed E-state index contributed by atoms with van der Waals surface area (Å²) in [7, 11) is 0. The summed E-state index contributed by atoms with van der Waals surface area (Å²) in [6.07, 6.45) is 23.3. The van der Waals surface area contributed by atoms with Crippen LogP contribution in [0.2, 0.25) is 0 Å². The van der Waals surface area contributed by atoms with Crippen LogP contribution in [0.25, 0.3) is 0 Å². The smallest absolute Gasteiger partial charge is 0.0665 e. The van der Waals surface area contributed by atoms with E-state index in [4.69, 9.17) is 9.98 Å². The van der Waals surface area contributed by atoms with Crippen LogP contribution in [0.15, 0.2) is 82.8 Å². The number of para-hydroxylation sites is 2. The Balaban J connectivity index is 0.00000612. The van der Waals surface area contributed by atoms with Gasteiger partial charge in [-0.1, -0.05) is 101 Å². The first-order valence-electron chi connectivity index (χ1n) is 13.4. The number of benzene rings is 2. The fraction of sp³-hybridized carbons (Fsp3) is 0.438. The van der Waals surface area contributed by atoms with E-state index in [1.165, 1.54) is 30.4 Å². The third-order valence-electron chi connectivity index (χ3n) is 5.85. The quantitative estimate of drug-likeness (QED) is 0.0920. The van der Waals surface area contributed by atoms with E-state index in [1.54, 1.807) is 0 Å². The Bertz CT molecular complexity index is 940. The van der Waals surface area contributed by atoms with E-state index in [1.807, 2.05) is 6.21 Å². The Hall–Kier alpha value is -2.25. The molecular weight excluding hydrogens is 471 g/mol. The average Bonchev–Trinajstić information content (AvgIpc) is 2.87. The van der Waals surface area contributed by atoms with Crippen LogP contribution in [0.1, 0.15) is 89.7 Å². The number of hydrogen-bond donors (Lipinski definition) is 0. The molecule has 0 amide bonds. The maximum absolute atomic E-state index is 5.12. The molecule has 0 atom stereocenters. The molecule has 0 N–H and O–H groups in total. The number of aryl methyl sites for hydroxylation is 2. The van der Waals surface area contributed by atoms with E-state index in [0.29, 0.717) is 0 Å². The maximum atomic E-state index is 5.12. The third kappa shape index (κ3) is 12.9. The summed E-state index contributed by atoms with van der Waals surface area (Å²) in [5.74, 6) is 0. The van der Waals surface area contributed by atoms with Crippen LogP contribution in [0.4, 0.5) is 11.4 Å². The van der Waals surface area contributed by atoms with Crippen LogP contribution < -0.4 is 0 Å². The maximum Gasteiger partial charge on any atom is 0.0665 e.